The van der Waals surface area contributed by atoms with Crippen molar-refractivity contribution in [2.45, 2.75) is 13.5 Å². The normalized spacial score (nSPS) is 15.2. The second kappa shape index (κ2) is 7.68. The van der Waals surface area contributed by atoms with E-state index >= 15 is 0 Å². The van der Waals surface area contributed by atoms with Gasteiger partial charge in [0.25, 0.3) is 5.91 Å². The van der Waals surface area contributed by atoms with Crippen molar-refractivity contribution in [3.05, 3.63) is 65.4 Å². The average Bonchev–Trinajstić information content (AvgIpc) is 3.06. The first-order chi connectivity index (χ1) is 13.6. The molecule has 0 radical (unpaired) electrons. The number of ether oxygens (including phenoxy) is 1. The Kier molecular flexibility index (Phi) is 5.09. The van der Waals surface area contributed by atoms with E-state index in [4.69, 9.17) is 4.74 Å². The first kappa shape index (κ1) is 18.6. The highest BCUT2D eigenvalue weighted by Crippen LogP contribution is 2.28. The molecule has 0 aliphatic carbocycles. The van der Waals surface area contributed by atoms with E-state index in [0.29, 0.717) is 5.69 Å². The highest BCUT2D eigenvalue weighted by Gasteiger charge is 2.25. The number of aromatic nitrogens is 1. The molecule has 28 heavy (non-hydrogen) atoms. The smallest absolute Gasteiger partial charge is 0.270 e. The number of piperazine rings is 1. The minimum absolute atomic E-state index is 0.0938. The molecule has 0 N–H and O–H groups in total. The van der Waals surface area contributed by atoms with Crippen LogP contribution in [0.5, 0.6) is 5.75 Å². The van der Waals surface area contributed by atoms with Gasteiger partial charge in [-0.1, -0.05) is 30.3 Å². The van der Waals surface area contributed by atoms with Gasteiger partial charge in [-0.25, -0.2) is 0 Å². The van der Waals surface area contributed by atoms with Crippen LogP contribution in [0, 0.1) is 6.92 Å². The Balaban J connectivity index is 1.46. The topological polar surface area (TPSA) is 37.7 Å². The SMILES string of the molecule is COc1cccc2c1cc(C(=O)N1CCN(Cc3ccccc3C)CC1)n2C. The van der Waals surface area contributed by atoms with Crippen molar-refractivity contribution < 1.29 is 9.53 Å². The van der Waals surface area contributed by atoms with E-state index in [-0.39, 0.29) is 5.91 Å². The molecule has 0 atom stereocenters. The predicted molar refractivity (Wildman–Crippen MR) is 112 cm³/mol. The number of carbonyl (C=O) groups excluding carboxylic acids is 1. The number of hydrogen-bond donors (Lipinski definition) is 0. The standard InChI is InChI=1S/C23H27N3O2/c1-17-7-4-5-8-18(17)16-25-11-13-26(14-12-25)23(27)21-15-19-20(24(21)2)9-6-10-22(19)28-3/h4-10,15H,11-14,16H2,1-3H3. The summed E-state index contributed by atoms with van der Waals surface area (Å²) in [5, 5.41) is 0.981. The average molecular weight is 377 g/mol. The number of rotatable bonds is 4. The Morgan fingerprint density at radius 2 is 1.79 bits per heavy atom. The Bertz CT molecular complexity index is 1000. The third kappa shape index (κ3) is 3.38. The summed E-state index contributed by atoms with van der Waals surface area (Å²) in [7, 11) is 3.61. The van der Waals surface area contributed by atoms with Crippen LogP contribution in [0.4, 0.5) is 0 Å². The number of amides is 1. The summed E-state index contributed by atoms with van der Waals surface area (Å²) in [5.74, 6) is 0.895. The lowest BCUT2D eigenvalue weighted by Gasteiger charge is -2.35. The minimum Gasteiger partial charge on any atom is -0.496 e. The van der Waals surface area contributed by atoms with Crippen LogP contribution in [0.25, 0.3) is 10.9 Å². The maximum Gasteiger partial charge on any atom is 0.270 e. The van der Waals surface area contributed by atoms with Crippen LogP contribution in [0.1, 0.15) is 21.6 Å². The predicted octanol–water partition coefficient (Wildman–Crippen LogP) is 3.45. The fourth-order valence-corrected chi connectivity index (χ4v) is 4.02. The van der Waals surface area contributed by atoms with Gasteiger partial charge >= 0.3 is 0 Å². The third-order valence-electron chi connectivity index (χ3n) is 5.80. The molecule has 2 aromatic carbocycles. The largest absolute Gasteiger partial charge is 0.496 e. The van der Waals surface area contributed by atoms with Gasteiger partial charge < -0.3 is 14.2 Å². The lowest BCUT2D eigenvalue weighted by molar-refractivity contribution is 0.0619. The van der Waals surface area contributed by atoms with Crippen molar-refractivity contribution in [3.8, 4) is 5.75 Å². The summed E-state index contributed by atoms with van der Waals surface area (Å²) in [4.78, 5) is 17.5. The molecule has 1 aliphatic rings. The molecule has 4 rings (SSSR count). The molecule has 0 spiro atoms. The fourth-order valence-electron chi connectivity index (χ4n) is 4.02. The van der Waals surface area contributed by atoms with Gasteiger partial charge in [-0.3, -0.25) is 9.69 Å². The molecule has 0 unspecified atom stereocenters. The van der Waals surface area contributed by atoms with Crippen LogP contribution in [-0.2, 0) is 13.6 Å². The molecule has 3 aromatic rings. The molecule has 2 heterocycles. The number of methoxy groups -OCH3 is 1. The number of aryl methyl sites for hydroxylation is 2. The lowest BCUT2D eigenvalue weighted by Crippen LogP contribution is -2.48. The van der Waals surface area contributed by atoms with Crippen LogP contribution >= 0.6 is 0 Å². The maximum absolute atomic E-state index is 13.2. The van der Waals surface area contributed by atoms with Crippen molar-refractivity contribution in [1.82, 2.24) is 14.4 Å². The number of hydrogen-bond acceptors (Lipinski definition) is 3. The van der Waals surface area contributed by atoms with E-state index < -0.39 is 0 Å². The zero-order valence-electron chi connectivity index (χ0n) is 16.8. The van der Waals surface area contributed by atoms with Gasteiger partial charge in [0, 0.05) is 45.2 Å². The third-order valence-corrected chi connectivity index (χ3v) is 5.80. The van der Waals surface area contributed by atoms with Crippen LogP contribution < -0.4 is 4.74 Å². The van der Waals surface area contributed by atoms with Gasteiger partial charge in [-0.15, -0.1) is 0 Å². The minimum atomic E-state index is 0.0938. The summed E-state index contributed by atoms with van der Waals surface area (Å²) < 4.78 is 7.43. The second-order valence-electron chi connectivity index (χ2n) is 7.48. The van der Waals surface area contributed by atoms with Gasteiger partial charge in [0.05, 0.1) is 12.6 Å². The second-order valence-corrected chi connectivity index (χ2v) is 7.48. The molecule has 1 amide bonds. The first-order valence-electron chi connectivity index (χ1n) is 9.77. The van der Waals surface area contributed by atoms with Crippen LogP contribution in [0.3, 0.4) is 0 Å². The number of nitrogens with zero attached hydrogens (tertiary/aromatic N) is 3. The highest BCUT2D eigenvalue weighted by atomic mass is 16.5. The molecule has 146 valence electrons. The molecule has 5 heteroatoms. The van der Waals surface area contributed by atoms with Gasteiger partial charge in [-0.05, 0) is 36.2 Å². The molecule has 0 bridgehead atoms. The van der Waals surface area contributed by atoms with E-state index in [2.05, 4.69) is 36.1 Å². The molecule has 1 aliphatic heterocycles. The Hall–Kier alpha value is -2.79. The van der Waals surface area contributed by atoms with E-state index in [1.54, 1.807) is 7.11 Å². The summed E-state index contributed by atoms with van der Waals surface area (Å²) in [6, 6.07) is 16.4. The monoisotopic (exact) mass is 377 g/mol. The first-order valence-corrected chi connectivity index (χ1v) is 9.77. The van der Waals surface area contributed by atoms with Crippen molar-refractivity contribution in [3.63, 3.8) is 0 Å². The van der Waals surface area contributed by atoms with Crippen LogP contribution in [-0.4, -0.2) is 53.6 Å². The van der Waals surface area contributed by atoms with Crippen molar-refractivity contribution in [2.75, 3.05) is 33.3 Å². The fraction of sp³-hybridized carbons (Fsp3) is 0.348. The quantitative estimate of drug-likeness (QED) is 0.699. The van der Waals surface area contributed by atoms with Crippen molar-refractivity contribution >= 4 is 16.8 Å². The molecular weight excluding hydrogens is 350 g/mol. The molecule has 0 saturated carbocycles. The van der Waals surface area contributed by atoms with Gasteiger partial charge in [0.15, 0.2) is 0 Å². The highest BCUT2D eigenvalue weighted by molar-refractivity contribution is 6.00. The Morgan fingerprint density at radius 1 is 1.04 bits per heavy atom. The molecule has 1 fully saturated rings. The molecule has 1 aromatic heterocycles. The van der Waals surface area contributed by atoms with Gasteiger partial charge in [0.1, 0.15) is 11.4 Å². The zero-order valence-corrected chi connectivity index (χ0v) is 16.8. The molecular formula is C23H27N3O2. The number of benzene rings is 2. The number of carbonyl (C=O) groups is 1. The Labute approximate surface area is 166 Å². The number of fused-ring (bicyclic) bond motifs is 1. The van der Waals surface area contributed by atoms with Crippen molar-refractivity contribution in [1.29, 1.82) is 0 Å². The van der Waals surface area contributed by atoms with Crippen LogP contribution in [0.2, 0.25) is 0 Å². The van der Waals surface area contributed by atoms with E-state index in [1.807, 2.05) is 40.8 Å². The van der Waals surface area contributed by atoms with E-state index in [1.165, 1.54) is 11.1 Å². The summed E-state index contributed by atoms with van der Waals surface area (Å²) in [5.41, 5.74) is 4.42. The lowest BCUT2D eigenvalue weighted by atomic mass is 10.1. The molecule has 5 nitrogen and oxygen atoms in total. The van der Waals surface area contributed by atoms with Crippen molar-refractivity contribution in [2.24, 2.45) is 7.05 Å². The molecule has 1 saturated heterocycles. The van der Waals surface area contributed by atoms with E-state index in [0.717, 1.165) is 49.4 Å². The summed E-state index contributed by atoms with van der Waals surface area (Å²) in [6.07, 6.45) is 0. The van der Waals surface area contributed by atoms with Gasteiger partial charge in [0.2, 0.25) is 0 Å². The van der Waals surface area contributed by atoms with E-state index in [9.17, 15) is 4.79 Å². The summed E-state index contributed by atoms with van der Waals surface area (Å²) >= 11 is 0. The van der Waals surface area contributed by atoms with Crippen LogP contribution in [0.15, 0.2) is 48.5 Å². The summed E-state index contributed by atoms with van der Waals surface area (Å²) in [6.45, 7) is 6.40. The van der Waals surface area contributed by atoms with Gasteiger partial charge in [-0.2, -0.15) is 0 Å². The Morgan fingerprint density at radius 3 is 2.50 bits per heavy atom. The maximum atomic E-state index is 13.2. The zero-order chi connectivity index (χ0) is 19.7.